The fourth-order valence-corrected chi connectivity index (χ4v) is 2.29. The van der Waals surface area contributed by atoms with E-state index in [2.05, 4.69) is 45.5 Å². The van der Waals surface area contributed by atoms with Crippen LogP contribution in [0.3, 0.4) is 0 Å². The van der Waals surface area contributed by atoms with Crippen LogP contribution < -0.4 is 5.32 Å². The van der Waals surface area contributed by atoms with Crippen molar-refractivity contribution in [3.63, 3.8) is 0 Å². The second-order valence-corrected chi connectivity index (χ2v) is 5.50. The van der Waals surface area contributed by atoms with Gasteiger partial charge in [-0.05, 0) is 18.9 Å². The fourth-order valence-electron chi connectivity index (χ4n) is 2.29. The largest absolute Gasteiger partial charge is 0.359 e. The zero-order chi connectivity index (χ0) is 15.0. The third-order valence-electron chi connectivity index (χ3n) is 3.49. The van der Waals surface area contributed by atoms with Crippen molar-refractivity contribution in [2.24, 2.45) is 7.05 Å². The summed E-state index contributed by atoms with van der Waals surface area (Å²) in [5, 5.41) is 16.0. The topological polar surface area (TPSA) is 72.9 Å². The SMILES string of the molecule is CC(C)c1cc2c(NC(C)c3nncn3C)nccn2n1. The van der Waals surface area contributed by atoms with Crippen molar-refractivity contribution >= 4 is 11.3 Å². The molecule has 1 unspecified atom stereocenters. The van der Waals surface area contributed by atoms with Crippen LogP contribution in [0.1, 0.15) is 44.2 Å². The molecule has 7 heteroatoms. The van der Waals surface area contributed by atoms with Gasteiger partial charge in [-0.3, -0.25) is 0 Å². The summed E-state index contributed by atoms with van der Waals surface area (Å²) in [4.78, 5) is 4.43. The lowest BCUT2D eigenvalue weighted by Crippen LogP contribution is -2.13. The fraction of sp³-hybridized carbons (Fsp3) is 0.429. The van der Waals surface area contributed by atoms with Crippen LogP contribution >= 0.6 is 0 Å². The molecule has 0 radical (unpaired) electrons. The molecule has 0 saturated heterocycles. The minimum Gasteiger partial charge on any atom is -0.359 e. The smallest absolute Gasteiger partial charge is 0.154 e. The third kappa shape index (κ3) is 2.46. The molecule has 0 fully saturated rings. The van der Waals surface area contributed by atoms with Gasteiger partial charge in [0.05, 0.1) is 11.7 Å². The Balaban J connectivity index is 1.95. The lowest BCUT2D eigenvalue weighted by molar-refractivity contribution is 0.716. The number of fused-ring (bicyclic) bond motifs is 1. The van der Waals surface area contributed by atoms with Gasteiger partial charge in [-0.15, -0.1) is 10.2 Å². The maximum Gasteiger partial charge on any atom is 0.154 e. The molecule has 7 nitrogen and oxygen atoms in total. The third-order valence-corrected chi connectivity index (χ3v) is 3.49. The van der Waals surface area contributed by atoms with Gasteiger partial charge in [0.2, 0.25) is 0 Å². The summed E-state index contributed by atoms with van der Waals surface area (Å²) in [6.07, 6.45) is 5.30. The van der Waals surface area contributed by atoms with E-state index in [0.717, 1.165) is 22.9 Å². The van der Waals surface area contributed by atoms with Crippen LogP contribution in [-0.2, 0) is 7.05 Å². The van der Waals surface area contributed by atoms with Crippen LogP contribution in [0.15, 0.2) is 24.8 Å². The highest BCUT2D eigenvalue weighted by molar-refractivity contribution is 5.68. The van der Waals surface area contributed by atoms with Gasteiger partial charge in [0.15, 0.2) is 11.6 Å². The standard InChI is InChI=1S/C14H19N7/c1-9(2)11-7-12-13(15-5-6-21(12)19-11)17-10(3)14-18-16-8-20(14)4/h5-10H,1-4H3,(H,15,17). The molecule has 3 heterocycles. The molecule has 110 valence electrons. The number of nitrogens with zero attached hydrogens (tertiary/aromatic N) is 6. The number of nitrogens with one attached hydrogen (secondary N) is 1. The average molecular weight is 285 g/mol. The summed E-state index contributed by atoms with van der Waals surface area (Å²) >= 11 is 0. The molecular weight excluding hydrogens is 266 g/mol. The normalized spacial score (nSPS) is 13.0. The van der Waals surface area contributed by atoms with Gasteiger partial charge in [-0.1, -0.05) is 13.8 Å². The van der Waals surface area contributed by atoms with Crippen molar-refractivity contribution in [1.29, 1.82) is 0 Å². The van der Waals surface area contributed by atoms with E-state index >= 15 is 0 Å². The zero-order valence-corrected chi connectivity index (χ0v) is 12.6. The van der Waals surface area contributed by atoms with Crippen LogP contribution in [0, 0.1) is 0 Å². The van der Waals surface area contributed by atoms with E-state index in [9.17, 15) is 0 Å². The Hall–Kier alpha value is -2.44. The number of hydrogen-bond donors (Lipinski definition) is 1. The average Bonchev–Trinajstić information content (AvgIpc) is 3.05. The molecule has 0 bridgehead atoms. The van der Waals surface area contributed by atoms with Crippen LogP contribution in [0.5, 0.6) is 0 Å². The molecule has 0 aliphatic carbocycles. The highest BCUT2D eigenvalue weighted by Crippen LogP contribution is 2.22. The van der Waals surface area contributed by atoms with Crippen molar-refractivity contribution < 1.29 is 0 Å². The molecule has 21 heavy (non-hydrogen) atoms. The second kappa shape index (κ2) is 5.16. The Bertz CT molecular complexity index is 756. The Morgan fingerprint density at radius 1 is 1.24 bits per heavy atom. The zero-order valence-electron chi connectivity index (χ0n) is 12.6. The van der Waals surface area contributed by atoms with E-state index < -0.39 is 0 Å². The van der Waals surface area contributed by atoms with Crippen LogP contribution in [-0.4, -0.2) is 29.4 Å². The maximum absolute atomic E-state index is 4.56. The molecule has 0 amide bonds. The van der Waals surface area contributed by atoms with E-state index in [1.807, 2.05) is 29.3 Å². The predicted molar refractivity (Wildman–Crippen MR) is 80.1 cm³/mol. The molecule has 0 saturated carbocycles. The summed E-state index contributed by atoms with van der Waals surface area (Å²) in [6.45, 7) is 6.30. The number of aryl methyl sites for hydroxylation is 1. The quantitative estimate of drug-likeness (QED) is 0.795. The van der Waals surface area contributed by atoms with Gasteiger partial charge in [-0.2, -0.15) is 5.10 Å². The Kier molecular flexibility index (Phi) is 3.32. The molecule has 0 aliphatic heterocycles. The van der Waals surface area contributed by atoms with E-state index in [1.165, 1.54) is 0 Å². The first-order valence-electron chi connectivity index (χ1n) is 7.01. The van der Waals surface area contributed by atoms with Crippen molar-refractivity contribution in [2.45, 2.75) is 32.7 Å². The molecule has 1 atom stereocenters. The molecule has 3 aromatic heterocycles. The Labute approximate surface area is 123 Å². The van der Waals surface area contributed by atoms with E-state index in [0.29, 0.717) is 5.92 Å². The van der Waals surface area contributed by atoms with Crippen molar-refractivity contribution in [1.82, 2.24) is 29.4 Å². The lowest BCUT2D eigenvalue weighted by atomic mass is 10.1. The highest BCUT2D eigenvalue weighted by Gasteiger charge is 2.15. The molecule has 0 aromatic carbocycles. The minimum absolute atomic E-state index is 0.00796. The first kappa shape index (κ1) is 13.5. The first-order valence-corrected chi connectivity index (χ1v) is 7.01. The number of hydrogen-bond acceptors (Lipinski definition) is 5. The molecular formula is C14H19N7. The van der Waals surface area contributed by atoms with E-state index in [1.54, 1.807) is 12.5 Å². The Morgan fingerprint density at radius 2 is 2.05 bits per heavy atom. The van der Waals surface area contributed by atoms with Crippen LogP contribution in [0.4, 0.5) is 5.82 Å². The van der Waals surface area contributed by atoms with Gasteiger partial charge in [0, 0.05) is 19.4 Å². The van der Waals surface area contributed by atoms with E-state index in [4.69, 9.17) is 0 Å². The molecule has 0 aliphatic rings. The van der Waals surface area contributed by atoms with Gasteiger partial charge in [0.1, 0.15) is 11.8 Å². The second-order valence-electron chi connectivity index (χ2n) is 5.50. The van der Waals surface area contributed by atoms with Gasteiger partial charge in [-0.25, -0.2) is 9.50 Å². The monoisotopic (exact) mass is 285 g/mol. The van der Waals surface area contributed by atoms with Gasteiger partial charge in [0.25, 0.3) is 0 Å². The first-order chi connectivity index (χ1) is 10.1. The van der Waals surface area contributed by atoms with Crippen LogP contribution in [0.2, 0.25) is 0 Å². The Morgan fingerprint density at radius 3 is 2.71 bits per heavy atom. The molecule has 3 rings (SSSR count). The number of anilines is 1. The summed E-state index contributed by atoms with van der Waals surface area (Å²) in [5.74, 6) is 2.05. The van der Waals surface area contributed by atoms with Gasteiger partial charge < -0.3 is 9.88 Å². The lowest BCUT2D eigenvalue weighted by Gasteiger charge is -2.14. The van der Waals surface area contributed by atoms with E-state index in [-0.39, 0.29) is 6.04 Å². The minimum atomic E-state index is 0.00796. The predicted octanol–water partition coefficient (Wildman–Crippen LogP) is 2.15. The van der Waals surface area contributed by atoms with Crippen molar-refractivity contribution in [3.8, 4) is 0 Å². The molecule has 0 spiro atoms. The summed E-state index contributed by atoms with van der Waals surface area (Å²) in [6, 6.07) is 2.08. The number of aromatic nitrogens is 6. The van der Waals surface area contributed by atoms with Crippen LogP contribution in [0.25, 0.3) is 5.52 Å². The summed E-state index contributed by atoms with van der Waals surface area (Å²) in [7, 11) is 1.93. The highest BCUT2D eigenvalue weighted by atomic mass is 15.3. The summed E-state index contributed by atoms with van der Waals surface area (Å²) < 4.78 is 3.75. The van der Waals surface area contributed by atoms with Crippen molar-refractivity contribution in [2.75, 3.05) is 5.32 Å². The molecule has 1 N–H and O–H groups in total. The maximum atomic E-state index is 4.56. The van der Waals surface area contributed by atoms with Crippen molar-refractivity contribution in [3.05, 3.63) is 36.3 Å². The number of rotatable bonds is 4. The van der Waals surface area contributed by atoms with Gasteiger partial charge >= 0.3 is 0 Å². The summed E-state index contributed by atoms with van der Waals surface area (Å²) in [5.41, 5.74) is 2.02. The molecule has 3 aromatic rings.